The predicted octanol–water partition coefficient (Wildman–Crippen LogP) is 2.20. The number of nitro groups is 1. The van der Waals surface area contributed by atoms with Crippen molar-refractivity contribution in [3.05, 3.63) is 33.9 Å². The average Bonchev–Trinajstić information content (AvgIpc) is 2.42. The van der Waals surface area contributed by atoms with Gasteiger partial charge in [-0.3, -0.25) is 15.0 Å². The van der Waals surface area contributed by atoms with E-state index in [4.69, 9.17) is 9.84 Å². The Balaban J connectivity index is 2.96. The maximum absolute atomic E-state index is 10.9. The third-order valence-electron chi connectivity index (χ3n) is 3.18. The number of ether oxygens (including phenoxy) is 1. The molecule has 0 atom stereocenters. The summed E-state index contributed by atoms with van der Waals surface area (Å²) in [6.07, 6.45) is 0.676. The molecule has 0 fully saturated rings. The van der Waals surface area contributed by atoms with Gasteiger partial charge in [0.05, 0.1) is 12.0 Å². The number of non-ortho nitro benzene ring substituents is 1. The first-order valence-corrected chi connectivity index (χ1v) is 6.65. The van der Waals surface area contributed by atoms with Crippen LogP contribution >= 0.6 is 0 Å². The molecule has 1 aromatic carbocycles. The van der Waals surface area contributed by atoms with Crippen molar-refractivity contribution >= 4 is 5.69 Å². The smallest absolute Gasteiger partial charge is 0.270 e. The van der Waals surface area contributed by atoms with Crippen LogP contribution in [0.3, 0.4) is 0 Å². The van der Waals surface area contributed by atoms with Crippen LogP contribution < -0.4 is 4.74 Å². The van der Waals surface area contributed by atoms with Gasteiger partial charge in [0.25, 0.3) is 5.69 Å². The van der Waals surface area contributed by atoms with E-state index in [1.165, 1.54) is 6.07 Å². The molecule has 0 heterocycles. The molecule has 0 bridgehead atoms. The molecule has 0 aliphatic heterocycles. The van der Waals surface area contributed by atoms with Gasteiger partial charge in [-0.15, -0.1) is 0 Å². The number of methoxy groups -OCH3 is 1. The fourth-order valence-corrected chi connectivity index (χ4v) is 2.01. The lowest BCUT2D eigenvalue weighted by molar-refractivity contribution is -0.385. The first-order chi connectivity index (χ1) is 9.49. The Kier molecular flexibility index (Phi) is 6.41. The molecule has 0 saturated heterocycles. The molecular weight excluding hydrogens is 260 g/mol. The maximum Gasteiger partial charge on any atom is 0.270 e. The standard InChI is InChI=1S/C14H22N2O4/c1-11(2)15(7-4-8-17)10-12-9-13(16(18)19)5-6-14(12)20-3/h5-6,9,11,17H,4,7-8,10H2,1-3H3. The molecule has 112 valence electrons. The molecule has 1 N–H and O–H groups in total. The van der Waals surface area contributed by atoms with Gasteiger partial charge in [0.1, 0.15) is 5.75 Å². The van der Waals surface area contributed by atoms with E-state index in [-0.39, 0.29) is 18.3 Å². The van der Waals surface area contributed by atoms with E-state index in [0.29, 0.717) is 18.7 Å². The monoisotopic (exact) mass is 282 g/mol. The highest BCUT2D eigenvalue weighted by Crippen LogP contribution is 2.25. The van der Waals surface area contributed by atoms with E-state index in [2.05, 4.69) is 18.7 Å². The normalized spacial score (nSPS) is 11.1. The van der Waals surface area contributed by atoms with Crippen molar-refractivity contribution in [1.29, 1.82) is 0 Å². The van der Waals surface area contributed by atoms with Crippen molar-refractivity contribution in [2.75, 3.05) is 20.3 Å². The predicted molar refractivity (Wildman–Crippen MR) is 76.9 cm³/mol. The Morgan fingerprint density at radius 3 is 2.65 bits per heavy atom. The Bertz CT molecular complexity index is 449. The van der Waals surface area contributed by atoms with Gasteiger partial charge in [-0.1, -0.05) is 0 Å². The van der Waals surface area contributed by atoms with Crippen LogP contribution in [0.4, 0.5) is 5.69 Å². The van der Waals surface area contributed by atoms with Gasteiger partial charge in [-0.05, 0) is 26.3 Å². The zero-order chi connectivity index (χ0) is 15.1. The van der Waals surface area contributed by atoms with Crippen LogP contribution in [0.2, 0.25) is 0 Å². The molecule has 0 saturated carbocycles. The summed E-state index contributed by atoms with van der Waals surface area (Å²) in [7, 11) is 1.55. The van der Waals surface area contributed by atoms with Crippen LogP contribution in [0.5, 0.6) is 5.75 Å². The summed E-state index contributed by atoms with van der Waals surface area (Å²) >= 11 is 0. The third-order valence-corrected chi connectivity index (χ3v) is 3.18. The van der Waals surface area contributed by atoms with Crippen molar-refractivity contribution < 1.29 is 14.8 Å². The highest BCUT2D eigenvalue weighted by atomic mass is 16.6. The zero-order valence-corrected chi connectivity index (χ0v) is 12.2. The van der Waals surface area contributed by atoms with Gasteiger partial charge in [-0.25, -0.2) is 0 Å². The lowest BCUT2D eigenvalue weighted by Crippen LogP contribution is -2.31. The van der Waals surface area contributed by atoms with E-state index >= 15 is 0 Å². The second kappa shape index (κ2) is 7.81. The minimum absolute atomic E-state index is 0.0617. The number of benzene rings is 1. The van der Waals surface area contributed by atoms with Crippen LogP contribution in [0.25, 0.3) is 0 Å². The number of aliphatic hydroxyl groups is 1. The van der Waals surface area contributed by atoms with Crippen molar-refractivity contribution in [1.82, 2.24) is 4.90 Å². The van der Waals surface area contributed by atoms with E-state index in [1.807, 2.05) is 0 Å². The van der Waals surface area contributed by atoms with Crippen molar-refractivity contribution in [2.45, 2.75) is 32.9 Å². The minimum atomic E-state index is -0.406. The van der Waals surface area contributed by atoms with Crippen molar-refractivity contribution in [3.63, 3.8) is 0 Å². The molecule has 1 rings (SSSR count). The fraction of sp³-hybridized carbons (Fsp3) is 0.571. The fourth-order valence-electron chi connectivity index (χ4n) is 2.01. The number of hydrogen-bond donors (Lipinski definition) is 1. The molecule has 0 unspecified atom stereocenters. The van der Waals surface area contributed by atoms with Crippen LogP contribution in [0.1, 0.15) is 25.8 Å². The SMILES string of the molecule is COc1ccc([N+](=O)[O-])cc1CN(CCCO)C(C)C. The Labute approximate surface area is 119 Å². The first-order valence-electron chi connectivity index (χ1n) is 6.65. The zero-order valence-electron chi connectivity index (χ0n) is 12.2. The summed E-state index contributed by atoms with van der Waals surface area (Å²) < 4.78 is 5.27. The summed E-state index contributed by atoms with van der Waals surface area (Å²) in [6.45, 7) is 5.54. The van der Waals surface area contributed by atoms with E-state index in [0.717, 1.165) is 12.1 Å². The van der Waals surface area contributed by atoms with Gasteiger partial charge in [-0.2, -0.15) is 0 Å². The maximum atomic E-state index is 10.9. The number of hydrogen-bond acceptors (Lipinski definition) is 5. The molecule has 0 spiro atoms. The molecular formula is C14H22N2O4. The van der Waals surface area contributed by atoms with E-state index < -0.39 is 4.92 Å². The summed E-state index contributed by atoms with van der Waals surface area (Å²) in [4.78, 5) is 12.6. The average molecular weight is 282 g/mol. The topological polar surface area (TPSA) is 75.8 Å². The van der Waals surface area contributed by atoms with Crippen molar-refractivity contribution in [2.24, 2.45) is 0 Å². The lowest BCUT2D eigenvalue weighted by atomic mass is 10.1. The molecule has 6 heteroatoms. The minimum Gasteiger partial charge on any atom is -0.496 e. The first kappa shape index (κ1) is 16.4. The molecule has 0 aliphatic carbocycles. The van der Waals surface area contributed by atoms with Gasteiger partial charge >= 0.3 is 0 Å². The van der Waals surface area contributed by atoms with Gasteiger partial charge < -0.3 is 9.84 Å². The van der Waals surface area contributed by atoms with Gasteiger partial charge in [0.15, 0.2) is 0 Å². The third kappa shape index (κ3) is 4.47. The molecule has 6 nitrogen and oxygen atoms in total. The second-order valence-corrected chi connectivity index (χ2v) is 4.89. The van der Waals surface area contributed by atoms with Crippen LogP contribution in [-0.4, -0.2) is 41.2 Å². The molecule has 20 heavy (non-hydrogen) atoms. The Morgan fingerprint density at radius 2 is 2.15 bits per heavy atom. The largest absolute Gasteiger partial charge is 0.496 e. The molecule has 1 aromatic rings. The summed E-state index contributed by atoms with van der Waals surface area (Å²) in [5.41, 5.74) is 0.847. The second-order valence-electron chi connectivity index (χ2n) is 4.89. The molecule has 0 amide bonds. The summed E-state index contributed by atoms with van der Waals surface area (Å²) in [6, 6.07) is 4.89. The van der Waals surface area contributed by atoms with Crippen LogP contribution in [0, 0.1) is 10.1 Å². The Morgan fingerprint density at radius 1 is 1.45 bits per heavy atom. The summed E-state index contributed by atoms with van der Waals surface area (Å²) in [5, 5.41) is 19.8. The van der Waals surface area contributed by atoms with E-state index in [1.54, 1.807) is 19.2 Å². The number of nitrogens with zero attached hydrogens (tertiary/aromatic N) is 2. The van der Waals surface area contributed by atoms with Crippen LogP contribution in [-0.2, 0) is 6.54 Å². The number of aliphatic hydroxyl groups excluding tert-OH is 1. The Hall–Kier alpha value is -1.66. The summed E-state index contributed by atoms with van der Waals surface area (Å²) in [5.74, 6) is 0.644. The highest BCUT2D eigenvalue weighted by Gasteiger charge is 2.16. The van der Waals surface area contributed by atoms with Gasteiger partial charge in [0.2, 0.25) is 0 Å². The quantitative estimate of drug-likeness (QED) is 0.584. The van der Waals surface area contributed by atoms with Gasteiger partial charge in [0, 0.05) is 43.4 Å². The molecule has 0 aliphatic rings. The van der Waals surface area contributed by atoms with Crippen molar-refractivity contribution in [3.8, 4) is 5.75 Å². The van der Waals surface area contributed by atoms with Crippen LogP contribution in [0.15, 0.2) is 18.2 Å². The number of rotatable bonds is 8. The lowest BCUT2D eigenvalue weighted by Gasteiger charge is -2.26. The highest BCUT2D eigenvalue weighted by molar-refractivity contribution is 5.43. The number of nitro benzene ring substituents is 1. The molecule has 0 radical (unpaired) electrons. The van der Waals surface area contributed by atoms with E-state index in [9.17, 15) is 10.1 Å². The molecule has 0 aromatic heterocycles.